The van der Waals surface area contributed by atoms with Crippen LogP contribution in [0.4, 0.5) is 4.79 Å². The van der Waals surface area contributed by atoms with Crippen LogP contribution in [-0.4, -0.2) is 11.7 Å². The van der Waals surface area contributed by atoms with Crippen molar-refractivity contribution < 1.29 is 9.53 Å². The molecule has 1 aromatic heterocycles. The molecule has 0 aromatic carbocycles. The Bertz CT molecular complexity index is 354. The maximum atomic E-state index is 11.8. The molecule has 0 radical (unpaired) electrons. The highest BCUT2D eigenvalue weighted by Crippen LogP contribution is 2.22. The van der Waals surface area contributed by atoms with E-state index in [0.717, 1.165) is 19.3 Å². The number of unbranched alkanes of at least 4 members (excludes halogenated alkanes) is 1. The summed E-state index contributed by atoms with van der Waals surface area (Å²) in [6.45, 7) is 7.77. The molecule has 1 unspecified atom stereocenters. The molecule has 3 nitrogen and oxygen atoms in total. The highest BCUT2D eigenvalue weighted by molar-refractivity contribution is 7.07. The van der Waals surface area contributed by atoms with Crippen LogP contribution < -0.4 is 5.32 Å². The Kier molecular flexibility index (Phi) is 5.66. The summed E-state index contributed by atoms with van der Waals surface area (Å²) in [6, 6.07) is 2.12. The van der Waals surface area contributed by atoms with Gasteiger partial charge in [-0.3, -0.25) is 0 Å². The molecule has 4 heteroatoms. The van der Waals surface area contributed by atoms with Gasteiger partial charge in [-0.2, -0.15) is 11.3 Å². The predicted molar refractivity (Wildman–Crippen MR) is 76.0 cm³/mol. The average Bonchev–Trinajstić information content (AvgIpc) is 2.74. The van der Waals surface area contributed by atoms with E-state index in [1.165, 1.54) is 5.56 Å². The number of rotatable bonds is 5. The number of hydrogen-bond acceptors (Lipinski definition) is 3. The zero-order valence-electron chi connectivity index (χ0n) is 11.7. The summed E-state index contributed by atoms with van der Waals surface area (Å²) in [6.07, 6.45) is 2.83. The van der Waals surface area contributed by atoms with Gasteiger partial charge in [0.05, 0.1) is 6.04 Å². The van der Waals surface area contributed by atoms with Gasteiger partial charge in [0.2, 0.25) is 0 Å². The Balaban J connectivity index is 2.59. The van der Waals surface area contributed by atoms with Crippen molar-refractivity contribution in [2.75, 3.05) is 0 Å². The van der Waals surface area contributed by atoms with E-state index in [-0.39, 0.29) is 12.1 Å². The molecule has 0 spiro atoms. The second-order valence-corrected chi connectivity index (χ2v) is 6.18. The van der Waals surface area contributed by atoms with Crippen molar-refractivity contribution in [1.82, 2.24) is 5.32 Å². The van der Waals surface area contributed by atoms with Gasteiger partial charge < -0.3 is 10.1 Å². The third-order valence-electron chi connectivity index (χ3n) is 2.48. The van der Waals surface area contributed by atoms with Crippen LogP contribution in [0.3, 0.4) is 0 Å². The second kappa shape index (κ2) is 6.78. The minimum atomic E-state index is -0.450. The maximum Gasteiger partial charge on any atom is 0.408 e. The van der Waals surface area contributed by atoms with E-state index in [1.807, 2.05) is 26.2 Å². The van der Waals surface area contributed by atoms with Crippen LogP contribution in [0, 0.1) is 0 Å². The van der Waals surface area contributed by atoms with Gasteiger partial charge in [-0.05, 0) is 49.6 Å². The number of carbonyl (C=O) groups is 1. The first kappa shape index (κ1) is 15.0. The fourth-order valence-electron chi connectivity index (χ4n) is 1.65. The maximum absolute atomic E-state index is 11.8. The normalized spacial score (nSPS) is 13.1. The minimum Gasteiger partial charge on any atom is -0.444 e. The molecule has 0 fully saturated rings. The van der Waals surface area contributed by atoms with E-state index in [2.05, 4.69) is 23.7 Å². The zero-order chi connectivity index (χ0) is 13.6. The molecule has 1 atom stereocenters. The number of ether oxygens (including phenoxy) is 1. The molecule has 102 valence electrons. The van der Waals surface area contributed by atoms with Gasteiger partial charge in [0.15, 0.2) is 0 Å². The van der Waals surface area contributed by atoms with E-state index in [1.54, 1.807) is 11.3 Å². The summed E-state index contributed by atoms with van der Waals surface area (Å²) >= 11 is 1.65. The first-order chi connectivity index (χ1) is 8.42. The predicted octanol–water partition coefficient (Wildman–Crippen LogP) is 4.50. The van der Waals surface area contributed by atoms with Gasteiger partial charge >= 0.3 is 6.09 Å². The Labute approximate surface area is 114 Å². The van der Waals surface area contributed by atoms with Crippen molar-refractivity contribution >= 4 is 17.4 Å². The Morgan fingerprint density at radius 3 is 2.72 bits per heavy atom. The van der Waals surface area contributed by atoms with Crippen LogP contribution in [-0.2, 0) is 4.74 Å². The van der Waals surface area contributed by atoms with Crippen molar-refractivity contribution in [2.45, 2.75) is 58.6 Å². The molecule has 18 heavy (non-hydrogen) atoms. The summed E-state index contributed by atoms with van der Waals surface area (Å²) in [7, 11) is 0. The number of thiophene rings is 1. The standard InChI is InChI=1S/C14H23NO2S/c1-5-6-7-12(11-8-9-18-10-11)15-13(16)17-14(2,3)4/h8-10,12H,5-7H2,1-4H3,(H,15,16). The lowest BCUT2D eigenvalue weighted by Crippen LogP contribution is -2.34. The van der Waals surface area contributed by atoms with Crippen molar-refractivity contribution in [1.29, 1.82) is 0 Å². The first-order valence-corrected chi connectivity index (χ1v) is 7.38. The fourth-order valence-corrected chi connectivity index (χ4v) is 2.37. The molecule has 1 heterocycles. The summed E-state index contributed by atoms with van der Waals surface area (Å²) in [5, 5.41) is 7.07. The molecule has 1 amide bonds. The van der Waals surface area contributed by atoms with Crippen LogP contribution >= 0.6 is 11.3 Å². The number of nitrogens with one attached hydrogen (secondary N) is 1. The van der Waals surface area contributed by atoms with Gasteiger partial charge in [0, 0.05) is 0 Å². The van der Waals surface area contributed by atoms with Gasteiger partial charge in [0.25, 0.3) is 0 Å². The number of amides is 1. The molecular formula is C14H23NO2S. The number of hydrogen-bond donors (Lipinski definition) is 1. The molecule has 1 rings (SSSR count). The van der Waals surface area contributed by atoms with E-state index in [9.17, 15) is 4.79 Å². The third-order valence-corrected chi connectivity index (χ3v) is 3.18. The van der Waals surface area contributed by atoms with Gasteiger partial charge in [0.1, 0.15) is 5.60 Å². The molecule has 1 aromatic rings. The lowest BCUT2D eigenvalue weighted by molar-refractivity contribution is 0.0500. The molecule has 0 saturated carbocycles. The highest BCUT2D eigenvalue weighted by atomic mass is 32.1. The first-order valence-electron chi connectivity index (χ1n) is 6.44. The molecular weight excluding hydrogens is 246 g/mol. The van der Waals surface area contributed by atoms with E-state index in [4.69, 9.17) is 4.74 Å². The Hall–Kier alpha value is -1.03. The Morgan fingerprint density at radius 2 is 2.22 bits per heavy atom. The van der Waals surface area contributed by atoms with Gasteiger partial charge in [-0.15, -0.1) is 0 Å². The summed E-state index contributed by atoms with van der Waals surface area (Å²) in [4.78, 5) is 11.8. The quantitative estimate of drug-likeness (QED) is 0.854. The van der Waals surface area contributed by atoms with Crippen molar-refractivity contribution in [3.8, 4) is 0 Å². The topological polar surface area (TPSA) is 38.3 Å². The molecule has 0 aliphatic carbocycles. The number of alkyl carbamates (subject to hydrolysis) is 1. The molecule has 1 N–H and O–H groups in total. The number of carbonyl (C=O) groups excluding carboxylic acids is 1. The zero-order valence-corrected chi connectivity index (χ0v) is 12.5. The van der Waals surface area contributed by atoms with Crippen molar-refractivity contribution in [2.24, 2.45) is 0 Å². The summed E-state index contributed by atoms with van der Waals surface area (Å²) in [5.74, 6) is 0. The summed E-state index contributed by atoms with van der Waals surface area (Å²) < 4.78 is 5.30. The van der Waals surface area contributed by atoms with Crippen LogP contribution in [0.15, 0.2) is 16.8 Å². The van der Waals surface area contributed by atoms with Crippen LogP contribution in [0.5, 0.6) is 0 Å². The SMILES string of the molecule is CCCCC(NC(=O)OC(C)(C)C)c1ccsc1. The lowest BCUT2D eigenvalue weighted by Gasteiger charge is -2.23. The minimum absolute atomic E-state index is 0.0612. The largest absolute Gasteiger partial charge is 0.444 e. The summed E-state index contributed by atoms with van der Waals surface area (Å²) in [5.41, 5.74) is 0.716. The van der Waals surface area contributed by atoms with Crippen molar-refractivity contribution in [3.63, 3.8) is 0 Å². The third kappa shape index (κ3) is 5.54. The lowest BCUT2D eigenvalue weighted by atomic mass is 10.0. The fraction of sp³-hybridized carbons (Fsp3) is 0.643. The van der Waals surface area contributed by atoms with Gasteiger partial charge in [-0.25, -0.2) is 4.79 Å². The molecule has 0 aliphatic rings. The van der Waals surface area contributed by atoms with Crippen molar-refractivity contribution in [3.05, 3.63) is 22.4 Å². The van der Waals surface area contributed by atoms with E-state index in [0.29, 0.717) is 0 Å². The smallest absolute Gasteiger partial charge is 0.408 e. The van der Waals surface area contributed by atoms with Crippen LogP contribution in [0.25, 0.3) is 0 Å². The highest BCUT2D eigenvalue weighted by Gasteiger charge is 2.20. The molecule has 0 saturated heterocycles. The Morgan fingerprint density at radius 1 is 1.50 bits per heavy atom. The van der Waals surface area contributed by atoms with Gasteiger partial charge in [-0.1, -0.05) is 19.8 Å². The molecule has 0 bridgehead atoms. The van der Waals surface area contributed by atoms with E-state index < -0.39 is 5.60 Å². The van der Waals surface area contributed by atoms with Crippen LogP contribution in [0.2, 0.25) is 0 Å². The second-order valence-electron chi connectivity index (χ2n) is 5.40. The average molecular weight is 269 g/mol. The monoisotopic (exact) mass is 269 g/mol. The molecule has 0 aliphatic heterocycles. The van der Waals surface area contributed by atoms with Crippen LogP contribution in [0.1, 0.15) is 58.6 Å². The van der Waals surface area contributed by atoms with E-state index >= 15 is 0 Å².